The summed E-state index contributed by atoms with van der Waals surface area (Å²) in [7, 11) is 8.02. The number of benzene rings is 2. The van der Waals surface area contributed by atoms with E-state index in [1.54, 1.807) is 24.3 Å². The van der Waals surface area contributed by atoms with Crippen molar-refractivity contribution in [2.75, 3.05) is 28.2 Å². The second-order valence-corrected chi connectivity index (χ2v) is 13.2. The van der Waals surface area contributed by atoms with E-state index >= 15 is 0 Å². The van der Waals surface area contributed by atoms with Crippen LogP contribution in [0.4, 0.5) is 0 Å². The van der Waals surface area contributed by atoms with Gasteiger partial charge in [-0.3, -0.25) is 0 Å². The van der Waals surface area contributed by atoms with Gasteiger partial charge in [-0.1, -0.05) is 62.8 Å². The molecular weight excluding hydrogens is 572 g/mol. The molecule has 2 fully saturated rings. The van der Waals surface area contributed by atoms with Crippen molar-refractivity contribution in [3.05, 3.63) is 71.8 Å². The van der Waals surface area contributed by atoms with Crippen molar-refractivity contribution in [1.29, 1.82) is 0 Å². The predicted octanol–water partition coefficient (Wildman–Crippen LogP) is 4.26. The van der Waals surface area contributed by atoms with Crippen molar-refractivity contribution in [3.8, 4) is 11.5 Å². The second kappa shape index (κ2) is 16.5. The van der Waals surface area contributed by atoms with Crippen molar-refractivity contribution >= 4 is 11.9 Å². The molecule has 4 rings (SSSR count). The van der Waals surface area contributed by atoms with Crippen molar-refractivity contribution in [2.24, 2.45) is 0 Å². The molecule has 0 aromatic heterocycles. The molecule has 0 aliphatic heterocycles. The second-order valence-electron chi connectivity index (χ2n) is 13.2. The molecule has 2 aromatic carbocycles. The highest BCUT2D eigenvalue weighted by molar-refractivity contribution is 5.93. The lowest BCUT2D eigenvalue weighted by Crippen LogP contribution is -2.52. The van der Waals surface area contributed by atoms with Crippen LogP contribution in [-0.4, -0.2) is 88.9 Å². The zero-order valence-electron chi connectivity index (χ0n) is 27.3. The number of carbonyl (C=O) groups excluding carboxylic acids is 2. The summed E-state index contributed by atoms with van der Waals surface area (Å²) in [4.78, 5) is 28.9. The Hall–Kier alpha value is -3.08. The molecule has 0 spiro atoms. The Bertz CT molecular complexity index is 1150. The number of ether oxygens (including phenoxy) is 2. The number of hydrogen-bond acceptors (Lipinski definition) is 8. The summed E-state index contributed by atoms with van der Waals surface area (Å²) in [6.07, 6.45) is 13.3. The van der Waals surface area contributed by atoms with Gasteiger partial charge in [0.05, 0.1) is 11.2 Å². The van der Waals surface area contributed by atoms with Crippen LogP contribution in [0.15, 0.2) is 60.7 Å². The normalized spacial score (nSPS) is 19.1. The van der Waals surface area contributed by atoms with E-state index in [1.165, 1.54) is 12.8 Å². The molecule has 2 aliphatic carbocycles. The molecule has 0 heterocycles. The number of likely N-dealkylation sites (N-methyl/N-ethyl adjacent to an activating group) is 2. The fourth-order valence-corrected chi connectivity index (χ4v) is 6.97. The van der Waals surface area contributed by atoms with Crippen LogP contribution < -0.4 is 9.47 Å². The molecule has 2 unspecified atom stereocenters. The smallest absolute Gasteiger partial charge is 0.336 e. The van der Waals surface area contributed by atoms with Gasteiger partial charge in [-0.05, 0) is 102 Å². The number of aliphatic hydroxyl groups is 2. The zero-order chi connectivity index (χ0) is 31.7. The van der Waals surface area contributed by atoms with Crippen LogP contribution >= 0.6 is 0 Å². The monoisotopic (exact) mass is 624 g/mol. The van der Waals surface area contributed by atoms with E-state index in [-0.39, 0.29) is 17.6 Å². The summed E-state index contributed by atoms with van der Waals surface area (Å²) in [6.45, 7) is 0. The van der Waals surface area contributed by atoms with Crippen molar-refractivity contribution < 1.29 is 34.8 Å². The summed E-state index contributed by atoms with van der Waals surface area (Å²) in [6, 6.07) is 14.5. The lowest BCUT2D eigenvalue weighted by atomic mass is 9.77. The van der Waals surface area contributed by atoms with E-state index in [1.807, 2.05) is 52.5 Å². The quantitative estimate of drug-likeness (QED) is 0.204. The van der Waals surface area contributed by atoms with Gasteiger partial charge in [-0.25, -0.2) is 9.59 Å². The number of esters is 2. The van der Waals surface area contributed by atoms with Gasteiger partial charge in [0.15, 0.2) is 0 Å². The first-order valence-electron chi connectivity index (χ1n) is 16.0. The average molecular weight is 625 g/mol. The van der Waals surface area contributed by atoms with Crippen LogP contribution in [0.3, 0.4) is 0 Å². The molecule has 0 bridgehead atoms. The molecule has 2 aromatic rings. The van der Waals surface area contributed by atoms with E-state index in [4.69, 9.17) is 9.47 Å². The largest absolute Gasteiger partial charge is 0.423 e. The van der Waals surface area contributed by atoms with Crippen LogP contribution in [0, 0.1) is 0 Å². The predicted molar refractivity (Wildman–Crippen MR) is 175 cm³/mol. The molecular formula is C36H52N2O7. The third-order valence-electron chi connectivity index (χ3n) is 9.42. The first kappa shape index (κ1) is 36.4. The van der Waals surface area contributed by atoms with Crippen molar-refractivity contribution in [3.63, 3.8) is 0 Å². The van der Waals surface area contributed by atoms with Gasteiger partial charge in [-0.15, -0.1) is 0 Å². The van der Waals surface area contributed by atoms with E-state index in [2.05, 4.69) is 9.80 Å². The summed E-state index contributed by atoms with van der Waals surface area (Å²) in [5, 5.41) is 22.6. The van der Waals surface area contributed by atoms with E-state index in [0.29, 0.717) is 24.3 Å². The molecule has 45 heavy (non-hydrogen) atoms. The molecule has 9 nitrogen and oxygen atoms in total. The number of nitrogens with zero attached hydrogens (tertiary/aromatic N) is 2. The molecule has 2 aliphatic rings. The van der Waals surface area contributed by atoms with Gasteiger partial charge in [0.2, 0.25) is 0 Å². The van der Waals surface area contributed by atoms with E-state index in [0.717, 1.165) is 74.6 Å². The Balaban J connectivity index is 0.00000552. The molecule has 9 heteroatoms. The standard InChI is InChI=1S/C36H50N2O6.H2O/c1-37(2)31(35(41)21-7-5-8-22-35)25-27-11-15-29(16-12-27)43-33(39)19-20-34(40)44-30-17-13-28(14-18-30)26-32(38(3)4)36(42)23-9-6-10-24-36;/h11-20,31-32,41-42H,5-10,21-26H2,1-4H3;1H2/b20-19+;. The Morgan fingerprint density at radius 3 is 1.24 bits per heavy atom. The van der Waals surface area contributed by atoms with Gasteiger partial charge in [-0.2, -0.15) is 0 Å². The van der Waals surface area contributed by atoms with Crippen LogP contribution in [0.25, 0.3) is 0 Å². The number of rotatable bonds is 12. The van der Waals surface area contributed by atoms with Gasteiger partial charge in [0.25, 0.3) is 0 Å². The van der Waals surface area contributed by atoms with E-state index < -0.39 is 23.1 Å². The van der Waals surface area contributed by atoms with Gasteiger partial charge in [0.1, 0.15) is 11.5 Å². The number of carbonyl (C=O) groups is 2. The highest BCUT2D eigenvalue weighted by Gasteiger charge is 2.40. The van der Waals surface area contributed by atoms with Gasteiger partial charge >= 0.3 is 11.9 Å². The minimum Gasteiger partial charge on any atom is -0.423 e. The first-order chi connectivity index (χ1) is 21.0. The summed E-state index contributed by atoms with van der Waals surface area (Å²) in [5.41, 5.74) is 0.715. The zero-order valence-corrected chi connectivity index (χ0v) is 27.3. The Morgan fingerprint density at radius 1 is 0.644 bits per heavy atom. The molecule has 0 radical (unpaired) electrons. The Morgan fingerprint density at radius 2 is 0.956 bits per heavy atom. The molecule has 0 saturated heterocycles. The number of hydrogen-bond donors (Lipinski definition) is 2. The molecule has 2 atom stereocenters. The molecule has 248 valence electrons. The minimum absolute atomic E-state index is 0. The maximum absolute atomic E-state index is 12.3. The SMILES string of the molecule is CN(C)C(Cc1ccc(OC(=O)/C=C/C(=O)Oc2ccc(CC(N(C)C)C3(O)CCCCC3)cc2)cc1)C1(O)CCCCC1.O. The van der Waals surface area contributed by atoms with Gasteiger partial charge in [0, 0.05) is 24.2 Å². The highest BCUT2D eigenvalue weighted by atomic mass is 16.5. The summed E-state index contributed by atoms with van der Waals surface area (Å²) >= 11 is 0. The topological polar surface area (TPSA) is 131 Å². The van der Waals surface area contributed by atoms with Crippen LogP contribution in [0.2, 0.25) is 0 Å². The van der Waals surface area contributed by atoms with Crippen molar-refractivity contribution in [1.82, 2.24) is 9.80 Å². The van der Waals surface area contributed by atoms with Crippen molar-refractivity contribution in [2.45, 2.75) is 100 Å². The van der Waals surface area contributed by atoms with Crippen LogP contribution in [-0.2, 0) is 22.4 Å². The first-order valence-corrected chi connectivity index (χ1v) is 16.0. The fraction of sp³-hybridized carbons (Fsp3) is 0.556. The lowest BCUT2D eigenvalue weighted by Gasteiger charge is -2.42. The molecule has 2 saturated carbocycles. The summed E-state index contributed by atoms with van der Waals surface area (Å²) in [5.74, 6) is -0.607. The third-order valence-corrected chi connectivity index (χ3v) is 9.42. The van der Waals surface area contributed by atoms with Crippen LogP contribution in [0.1, 0.15) is 75.3 Å². The summed E-state index contributed by atoms with van der Waals surface area (Å²) < 4.78 is 10.7. The third kappa shape index (κ3) is 10.2. The highest BCUT2D eigenvalue weighted by Crippen LogP contribution is 2.35. The van der Waals surface area contributed by atoms with Gasteiger partial charge < -0.3 is 35.0 Å². The minimum atomic E-state index is -0.693. The Kier molecular flexibility index (Phi) is 13.3. The molecule has 0 amide bonds. The maximum atomic E-state index is 12.3. The maximum Gasteiger partial charge on any atom is 0.336 e. The van der Waals surface area contributed by atoms with Crippen LogP contribution in [0.5, 0.6) is 11.5 Å². The molecule has 4 N–H and O–H groups in total. The lowest BCUT2D eigenvalue weighted by molar-refractivity contribution is -0.131. The fourth-order valence-electron chi connectivity index (χ4n) is 6.97. The van der Waals surface area contributed by atoms with E-state index in [9.17, 15) is 19.8 Å². The Labute approximate surface area is 268 Å². The average Bonchev–Trinajstić information content (AvgIpc) is 2.99.